The van der Waals surface area contributed by atoms with Gasteiger partial charge in [0.1, 0.15) is 11.9 Å². The van der Waals surface area contributed by atoms with Crippen molar-refractivity contribution in [3.63, 3.8) is 0 Å². The lowest BCUT2D eigenvalue weighted by molar-refractivity contribution is 0.224. The van der Waals surface area contributed by atoms with E-state index in [-0.39, 0.29) is 5.82 Å². The van der Waals surface area contributed by atoms with E-state index in [1.54, 1.807) is 30.4 Å². The minimum atomic E-state index is -0.660. The average Bonchev–Trinajstić information content (AvgIpc) is 2.62. The van der Waals surface area contributed by atoms with Crippen LogP contribution in [0.2, 0.25) is 0 Å². The van der Waals surface area contributed by atoms with E-state index in [1.807, 2.05) is 19.9 Å². The Hall–Kier alpha value is -1.19. The summed E-state index contributed by atoms with van der Waals surface area (Å²) in [5.41, 5.74) is 2.49. The summed E-state index contributed by atoms with van der Waals surface area (Å²) in [5, 5.41) is 10.2. The number of thiophene rings is 1. The van der Waals surface area contributed by atoms with E-state index in [4.69, 9.17) is 0 Å². The Balaban J connectivity index is 2.36. The normalized spacial score (nSPS) is 12.8. The number of hydrogen-bond acceptors (Lipinski definition) is 2. The minimum absolute atomic E-state index is 0.237. The van der Waals surface area contributed by atoms with Crippen LogP contribution in [0.15, 0.2) is 24.3 Å². The summed E-state index contributed by atoms with van der Waals surface area (Å²) in [5.74, 6) is -0.237. The standard InChI is InChI=1S/C14H15FOS/c1-8-7-13(17-10(8)3)14(16)11-4-5-12(15)9(2)6-11/h4-7,14,16H,1-3H3. The molecule has 1 nitrogen and oxygen atoms in total. The van der Waals surface area contributed by atoms with Gasteiger partial charge in [0.2, 0.25) is 0 Å². The van der Waals surface area contributed by atoms with Crippen LogP contribution in [-0.4, -0.2) is 5.11 Å². The minimum Gasteiger partial charge on any atom is -0.383 e. The Morgan fingerprint density at radius 1 is 1.12 bits per heavy atom. The van der Waals surface area contributed by atoms with E-state index in [1.165, 1.54) is 16.5 Å². The molecular formula is C14H15FOS. The van der Waals surface area contributed by atoms with E-state index in [0.29, 0.717) is 5.56 Å². The van der Waals surface area contributed by atoms with Gasteiger partial charge in [-0.25, -0.2) is 4.39 Å². The fourth-order valence-corrected chi connectivity index (χ4v) is 2.80. The van der Waals surface area contributed by atoms with Crippen LogP contribution in [-0.2, 0) is 0 Å². The highest BCUT2D eigenvalue weighted by Crippen LogP contribution is 2.31. The highest BCUT2D eigenvalue weighted by atomic mass is 32.1. The van der Waals surface area contributed by atoms with E-state index in [2.05, 4.69) is 0 Å². The van der Waals surface area contributed by atoms with E-state index in [0.717, 1.165) is 10.4 Å². The first-order valence-corrected chi connectivity index (χ1v) is 6.31. The fraction of sp³-hybridized carbons (Fsp3) is 0.286. The van der Waals surface area contributed by atoms with E-state index >= 15 is 0 Å². The third-order valence-corrected chi connectivity index (χ3v) is 4.16. The number of aliphatic hydroxyl groups excluding tert-OH is 1. The van der Waals surface area contributed by atoms with Gasteiger partial charge in [0, 0.05) is 9.75 Å². The molecule has 0 aliphatic rings. The predicted molar refractivity (Wildman–Crippen MR) is 69.0 cm³/mol. The van der Waals surface area contributed by atoms with Crippen molar-refractivity contribution in [1.82, 2.24) is 0 Å². The molecule has 3 heteroatoms. The van der Waals surface area contributed by atoms with E-state index < -0.39 is 6.10 Å². The van der Waals surface area contributed by atoms with Gasteiger partial charge in [0.05, 0.1) is 0 Å². The van der Waals surface area contributed by atoms with Gasteiger partial charge in [-0.05, 0) is 49.6 Å². The van der Waals surface area contributed by atoms with Gasteiger partial charge in [-0.2, -0.15) is 0 Å². The molecule has 1 N–H and O–H groups in total. The van der Waals surface area contributed by atoms with Gasteiger partial charge in [-0.15, -0.1) is 11.3 Å². The van der Waals surface area contributed by atoms with Crippen LogP contribution in [0.4, 0.5) is 4.39 Å². The van der Waals surface area contributed by atoms with Crippen molar-refractivity contribution in [3.8, 4) is 0 Å². The number of aryl methyl sites for hydroxylation is 3. The fourth-order valence-electron chi connectivity index (χ4n) is 1.74. The molecule has 0 bridgehead atoms. The molecule has 1 unspecified atom stereocenters. The Kier molecular flexibility index (Phi) is 3.31. The quantitative estimate of drug-likeness (QED) is 0.857. The van der Waals surface area contributed by atoms with Crippen molar-refractivity contribution < 1.29 is 9.50 Å². The molecule has 1 aromatic carbocycles. The smallest absolute Gasteiger partial charge is 0.126 e. The van der Waals surface area contributed by atoms with Crippen molar-refractivity contribution in [2.75, 3.05) is 0 Å². The lowest BCUT2D eigenvalue weighted by atomic mass is 10.0. The van der Waals surface area contributed by atoms with Crippen LogP contribution in [0.1, 0.15) is 32.5 Å². The summed E-state index contributed by atoms with van der Waals surface area (Å²) in [7, 11) is 0. The Labute approximate surface area is 105 Å². The second kappa shape index (κ2) is 4.59. The van der Waals surface area contributed by atoms with Crippen LogP contribution >= 0.6 is 11.3 Å². The van der Waals surface area contributed by atoms with Gasteiger partial charge in [0.15, 0.2) is 0 Å². The first-order chi connectivity index (χ1) is 7.99. The maximum Gasteiger partial charge on any atom is 0.126 e. The van der Waals surface area contributed by atoms with Crippen molar-refractivity contribution in [3.05, 3.63) is 56.5 Å². The van der Waals surface area contributed by atoms with Gasteiger partial charge in [-0.1, -0.05) is 12.1 Å². The lowest BCUT2D eigenvalue weighted by Gasteiger charge is -2.10. The summed E-state index contributed by atoms with van der Waals surface area (Å²) < 4.78 is 13.2. The third-order valence-electron chi connectivity index (χ3n) is 2.95. The molecule has 1 aromatic heterocycles. The second-order valence-corrected chi connectivity index (χ2v) is 5.59. The monoisotopic (exact) mass is 250 g/mol. The maximum absolute atomic E-state index is 13.2. The molecular weight excluding hydrogens is 235 g/mol. The highest BCUT2D eigenvalue weighted by molar-refractivity contribution is 7.12. The Morgan fingerprint density at radius 2 is 1.82 bits per heavy atom. The van der Waals surface area contributed by atoms with Crippen LogP contribution < -0.4 is 0 Å². The van der Waals surface area contributed by atoms with Crippen LogP contribution in [0.5, 0.6) is 0 Å². The van der Waals surface area contributed by atoms with Gasteiger partial charge >= 0.3 is 0 Å². The zero-order valence-corrected chi connectivity index (χ0v) is 10.9. The Bertz CT molecular complexity index is 526. The summed E-state index contributed by atoms with van der Waals surface area (Å²) in [6.07, 6.45) is -0.660. The second-order valence-electron chi connectivity index (χ2n) is 4.30. The van der Waals surface area contributed by atoms with Crippen LogP contribution in [0.3, 0.4) is 0 Å². The molecule has 0 aliphatic carbocycles. The van der Waals surface area contributed by atoms with Crippen molar-refractivity contribution >= 4 is 11.3 Å². The number of halogens is 1. The molecule has 17 heavy (non-hydrogen) atoms. The molecule has 0 saturated heterocycles. The summed E-state index contributed by atoms with van der Waals surface area (Å²) in [6, 6.07) is 6.73. The lowest BCUT2D eigenvalue weighted by Crippen LogP contribution is -1.98. The zero-order valence-electron chi connectivity index (χ0n) is 10.1. The molecule has 0 amide bonds. The maximum atomic E-state index is 13.2. The van der Waals surface area contributed by atoms with E-state index in [9.17, 15) is 9.50 Å². The summed E-state index contributed by atoms with van der Waals surface area (Å²) in [6.45, 7) is 5.76. The van der Waals surface area contributed by atoms with Crippen molar-refractivity contribution in [2.45, 2.75) is 26.9 Å². The first kappa shape index (κ1) is 12.3. The van der Waals surface area contributed by atoms with Crippen molar-refractivity contribution in [2.24, 2.45) is 0 Å². The van der Waals surface area contributed by atoms with Gasteiger partial charge in [0.25, 0.3) is 0 Å². The van der Waals surface area contributed by atoms with Gasteiger partial charge < -0.3 is 5.11 Å². The molecule has 1 atom stereocenters. The summed E-state index contributed by atoms with van der Waals surface area (Å²) in [4.78, 5) is 2.11. The third kappa shape index (κ3) is 2.40. The van der Waals surface area contributed by atoms with Crippen LogP contribution in [0, 0.1) is 26.6 Å². The zero-order chi connectivity index (χ0) is 12.6. The SMILES string of the molecule is Cc1cc(C(O)c2cc(C)c(C)s2)ccc1F. The molecule has 0 aliphatic heterocycles. The number of hydrogen-bond donors (Lipinski definition) is 1. The van der Waals surface area contributed by atoms with Crippen LogP contribution in [0.25, 0.3) is 0 Å². The number of benzene rings is 1. The predicted octanol–water partition coefficient (Wildman–Crippen LogP) is 3.89. The molecule has 0 saturated carbocycles. The molecule has 0 spiro atoms. The topological polar surface area (TPSA) is 20.2 Å². The molecule has 1 heterocycles. The summed E-state index contributed by atoms with van der Waals surface area (Å²) >= 11 is 1.58. The molecule has 0 fully saturated rings. The molecule has 2 rings (SSSR count). The molecule has 90 valence electrons. The largest absolute Gasteiger partial charge is 0.383 e. The number of rotatable bonds is 2. The molecule has 2 aromatic rings. The number of aliphatic hydroxyl groups is 1. The average molecular weight is 250 g/mol. The van der Waals surface area contributed by atoms with Gasteiger partial charge in [-0.3, -0.25) is 0 Å². The highest BCUT2D eigenvalue weighted by Gasteiger charge is 2.14. The first-order valence-electron chi connectivity index (χ1n) is 5.50. The Morgan fingerprint density at radius 3 is 2.35 bits per heavy atom. The van der Waals surface area contributed by atoms with Crippen molar-refractivity contribution in [1.29, 1.82) is 0 Å². The molecule has 0 radical (unpaired) electrons.